The molecule has 7 nitrogen and oxygen atoms in total. The van der Waals surface area contributed by atoms with Crippen molar-refractivity contribution < 1.29 is 27.8 Å². The number of ether oxygens (including phenoxy) is 1. The van der Waals surface area contributed by atoms with Gasteiger partial charge in [-0.25, -0.2) is 15.0 Å². The van der Waals surface area contributed by atoms with Crippen LogP contribution in [-0.4, -0.2) is 33.1 Å². The number of hydrogen-bond acceptors (Lipinski definition) is 8. The van der Waals surface area contributed by atoms with Crippen LogP contribution in [0.25, 0.3) is 10.6 Å². The number of nitrogens with zero attached hydrogens (tertiary/aromatic N) is 3. The first-order valence-electron chi connectivity index (χ1n) is 11.1. The van der Waals surface area contributed by atoms with Crippen molar-refractivity contribution in [1.29, 1.82) is 0 Å². The van der Waals surface area contributed by atoms with Crippen LogP contribution >= 0.6 is 11.3 Å². The molecule has 3 aromatic heterocycles. The van der Waals surface area contributed by atoms with Crippen molar-refractivity contribution in [2.45, 2.75) is 44.9 Å². The number of pyridine rings is 2. The van der Waals surface area contributed by atoms with E-state index in [0.717, 1.165) is 28.8 Å². The van der Waals surface area contributed by atoms with Gasteiger partial charge in [0.25, 0.3) is 0 Å². The molecule has 3 heterocycles. The number of aliphatic hydroxyl groups is 1. The SMILES string of the molecule is COC(=O)C1CCC(C(O)c2ncc(-c3cc(C)cc(Nc4cc(C(F)(F)F)ccn4)n3)s2)CC1. The number of alkyl halides is 3. The van der Waals surface area contributed by atoms with E-state index in [4.69, 9.17) is 4.74 Å². The third kappa shape index (κ3) is 5.96. The van der Waals surface area contributed by atoms with Gasteiger partial charge in [-0.15, -0.1) is 11.3 Å². The molecule has 0 amide bonds. The predicted octanol–water partition coefficient (Wildman–Crippen LogP) is 5.68. The average molecular weight is 507 g/mol. The summed E-state index contributed by atoms with van der Waals surface area (Å²) in [5.74, 6) is 0.0636. The molecular formula is C24H25F3N4O3S. The van der Waals surface area contributed by atoms with Crippen LogP contribution in [0.1, 0.15) is 47.9 Å². The number of carbonyl (C=O) groups excluding carboxylic acids is 1. The average Bonchev–Trinajstić information content (AvgIpc) is 3.33. The Balaban J connectivity index is 1.48. The molecule has 0 bridgehead atoms. The fraction of sp³-hybridized carbons (Fsp3) is 0.417. The molecule has 1 atom stereocenters. The maximum Gasteiger partial charge on any atom is 0.416 e. The number of hydrogen-bond donors (Lipinski definition) is 2. The highest BCUT2D eigenvalue weighted by Gasteiger charge is 2.33. The molecule has 0 spiro atoms. The Labute approximate surface area is 204 Å². The fourth-order valence-corrected chi connectivity index (χ4v) is 5.20. The van der Waals surface area contributed by atoms with Crippen LogP contribution in [0.4, 0.5) is 24.8 Å². The Bertz CT molecular complexity index is 1190. The molecule has 0 saturated heterocycles. The van der Waals surface area contributed by atoms with E-state index in [1.807, 2.05) is 13.0 Å². The van der Waals surface area contributed by atoms with Gasteiger partial charge in [-0.2, -0.15) is 13.2 Å². The van der Waals surface area contributed by atoms with E-state index in [0.29, 0.717) is 42.2 Å². The molecule has 186 valence electrons. The van der Waals surface area contributed by atoms with Gasteiger partial charge < -0.3 is 15.2 Å². The molecule has 1 aliphatic rings. The molecule has 0 aromatic carbocycles. The number of aliphatic hydroxyl groups excluding tert-OH is 1. The van der Waals surface area contributed by atoms with Gasteiger partial charge in [0.1, 0.15) is 22.7 Å². The van der Waals surface area contributed by atoms with Crippen molar-refractivity contribution in [2.24, 2.45) is 11.8 Å². The summed E-state index contributed by atoms with van der Waals surface area (Å²) in [6.07, 6.45) is 0.268. The highest BCUT2D eigenvalue weighted by Crippen LogP contribution is 2.40. The van der Waals surface area contributed by atoms with Crippen molar-refractivity contribution in [3.05, 3.63) is 52.8 Å². The smallest absolute Gasteiger partial charge is 0.416 e. The first kappa shape index (κ1) is 25.1. The highest BCUT2D eigenvalue weighted by atomic mass is 32.1. The van der Waals surface area contributed by atoms with Crippen molar-refractivity contribution in [2.75, 3.05) is 12.4 Å². The summed E-state index contributed by atoms with van der Waals surface area (Å²) < 4.78 is 43.9. The van der Waals surface area contributed by atoms with Crippen LogP contribution in [0.15, 0.2) is 36.7 Å². The number of aromatic nitrogens is 3. The maximum atomic E-state index is 13.0. The normalized spacial score (nSPS) is 19.3. The first-order chi connectivity index (χ1) is 16.6. The van der Waals surface area contributed by atoms with Crippen molar-refractivity contribution in [3.8, 4) is 10.6 Å². The van der Waals surface area contributed by atoms with Gasteiger partial charge in [-0.1, -0.05) is 0 Å². The zero-order valence-corrected chi connectivity index (χ0v) is 20.0. The topological polar surface area (TPSA) is 97.2 Å². The third-order valence-corrected chi connectivity index (χ3v) is 7.19. The summed E-state index contributed by atoms with van der Waals surface area (Å²) in [6, 6.07) is 5.39. The minimum atomic E-state index is -4.47. The summed E-state index contributed by atoms with van der Waals surface area (Å²) >= 11 is 1.32. The van der Waals surface area contributed by atoms with Gasteiger partial charge in [-0.05, 0) is 68.4 Å². The van der Waals surface area contributed by atoms with E-state index in [2.05, 4.69) is 20.3 Å². The Morgan fingerprint density at radius 3 is 2.60 bits per heavy atom. The number of esters is 1. The van der Waals surface area contributed by atoms with Gasteiger partial charge in [-0.3, -0.25) is 4.79 Å². The Morgan fingerprint density at radius 1 is 1.17 bits per heavy atom. The third-order valence-electron chi connectivity index (χ3n) is 6.10. The Kier molecular flexibility index (Phi) is 7.36. The highest BCUT2D eigenvalue weighted by molar-refractivity contribution is 7.15. The summed E-state index contributed by atoms with van der Waals surface area (Å²) in [7, 11) is 1.39. The molecule has 3 aromatic rings. The molecule has 1 unspecified atom stereocenters. The number of halogens is 3. The standard InChI is InChI=1S/C24H25F3N4O3S/c1-13-9-17(30-20(10-13)31-19-11-16(7-8-28-19)24(25,26)27)18-12-29-22(35-18)21(32)14-3-5-15(6-4-14)23(33)34-2/h7-12,14-15,21,32H,3-6H2,1-2H3,(H,28,30,31). The van der Waals surface area contributed by atoms with E-state index >= 15 is 0 Å². The van der Waals surface area contributed by atoms with Crippen molar-refractivity contribution in [3.63, 3.8) is 0 Å². The van der Waals surface area contributed by atoms with Crippen LogP contribution in [0, 0.1) is 18.8 Å². The molecule has 11 heteroatoms. The lowest BCUT2D eigenvalue weighted by Crippen LogP contribution is -2.25. The molecule has 4 rings (SSSR count). The summed E-state index contributed by atoms with van der Waals surface area (Å²) in [4.78, 5) is 25.3. The number of aryl methyl sites for hydroxylation is 1. The Hall–Kier alpha value is -3.05. The number of carbonyl (C=O) groups is 1. The van der Waals surface area contributed by atoms with Crippen LogP contribution in [-0.2, 0) is 15.7 Å². The minimum Gasteiger partial charge on any atom is -0.469 e. The first-order valence-corrected chi connectivity index (χ1v) is 12.0. The second-order valence-electron chi connectivity index (χ2n) is 8.61. The molecule has 1 aliphatic carbocycles. The van der Waals surface area contributed by atoms with Gasteiger partial charge in [0.05, 0.1) is 29.2 Å². The Morgan fingerprint density at radius 2 is 1.91 bits per heavy atom. The van der Waals surface area contributed by atoms with Crippen molar-refractivity contribution >= 4 is 28.9 Å². The van der Waals surface area contributed by atoms with E-state index in [-0.39, 0.29) is 23.6 Å². The molecule has 1 fully saturated rings. The van der Waals surface area contributed by atoms with E-state index in [1.54, 1.807) is 12.3 Å². The van der Waals surface area contributed by atoms with E-state index in [9.17, 15) is 23.1 Å². The predicted molar refractivity (Wildman–Crippen MR) is 125 cm³/mol. The van der Waals surface area contributed by atoms with E-state index < -0.39 is 17.8 Å². The summed E-state index contributed by atoms with van der Waals surface area (Å²) in [5.41, 5.74) is 0.635. The van der Waals surface area contributed by atoms with Crippen LogP contribution in [0.5, 0.6) is 0 Å². The summed E-state index contributed by atoms with van der Waals surface area (Å²) in [5, 5.41) is 14.3. The second-order valence-corrected chi connectivity index (χ2v) is 9.67. The summed E-state index contributed by atoms with van der Waals surface area (Å²) in [6.45, 7) is 1.85. The fourth-order valence-electron chi connectivity index (χ4n) is 4.25. The number of nitrogens with one attached hydrogen (secondary N) is 1. The van der Waals surface area contributed by atoms with Crippen LogP contribution < -0.4 is 5.32 Å². The van der Waals surface area contributed by atoms with Gasteiger partial charge in [0, 0.05) is 12.4 Å². The molecule has 0 aliphatic heterocycles. The number of methoxy groups -OCH3 is 1. The lowest BCUT2D eigenvalue weighted by Gasteiger charge is -2.29. The lowest BCUT2D eigenvalue weighted by molar-refractivity contribution is -0.147. The van der Waals surface area contributed by atoms with Crippen molar-refractivity contribution in [1.82, 2.24) is 15.0 Å². The second kappa shape index (κ2) is 10.3. The zero-order valence-electron chi connectivity index (χ0n) is 19.2. The zero-order chi connectivity index (χ0) is 25.2. The monoisotopic (exact) mass is 506 g/mol. The number of thiazole rings is 1. The van der Waals surface area contributed by atoms with Gasteiger partial charge in [0.2, 0.25) is 0 Å². The van der Waals surface area contributed by atoms with Crippen LogP contribution in [0.3, 0.4) is 0 Å². The number of anilines is 2. The van der Waals surface area contributed by atoms with Gasteiger partial charge >= 0.3 is 12.1 Å². The maximum absolute atomic E-state index is 13.0. The molecular weight excluding hydrogens is 481 g/mol. The van der Waals surface area contributed by atoms with Crippen LogP contribution in [0.2, 0.25) is 0 Å². The number of rotatable bonds is 6. The largest absolute Gasteiger partial charge is 0.469 e. The molecule has 0 radical (unpaired) electrons. The minimum absolute atomic E-state index is 0.00425. The van der Waals surface area contributed by atoms with E-state index in [1.165, 1.54) is 18.4 Å². The lowest BCUT2D eigenvalue weighted by atomic mass is 9.79. The molecule has 35 heavy (non-hydrogen) atoms. The van der Waals surface area contributed by atoms with Gasteiger partial charge in [0.15, 0.2) is 0 Å². The molecule has 2 N–H and O–H groups in total. The quantitative estimate of drug-likeness (QED) is 0.415. The molecule has 1 saturated carbocycles.